The second kappa shape index (κ2) is 14.9. The van der Waals surface area contributed by atoms with Crippen LogP contribution in [-0.2, 0) is 36.1 Å². The van der Waals surface area contributed by atoms with Gasteiger partial charge in [0.15, 0.2) is 0 Å². The van der Waals surface area contributed by atoms with Crippen LogP contribution in [-0.4, -0.2) is 60.7 Å². The molecule has 11 nitrogen and oxygen atoms in total. The number of nitrogens with one attached hydrogen (secondary N) is 2. The molecule has 3 aliphatic rings. The van der Waals surface area contributed by atoms with Gasteiger partial charge < -0.3 is 24.3 Å². The van der Waals surface area contributed by atoms with E-state index in [0.29, 0.717) is 74.0 Å². The monoisotopic (exact) mass is 701 g/mol. The van der Waals surface area contributed by atoms with Crippen LogP contribution in [0.1, 0.15) is 69.8 Å². The Morgan fingerprint density at radius 1 is 0.962 bits per heavy atom. The number of aryl methyl sites for hydroxylation is 1. The molecule has 1 unspecified atom stereocenters. The van der Waals surface area contributed by atoms with Gasteiger partial charge in [0.1, 0.15) is 11.5 Å². The molecule has 3 aliphatic heterocycles. The number of fused-ring (bicyclic) bond motifs is 1. The lowest BCUT2D eigenvalue weighted by Crippen LogP contribution is -2.41. The molecular weight excluding hydrogens is 658 g/mol. The quantitative estimate of drug-likeness (QED) is 0.217. The maximum absolute atomic E-state index is 13.6. The molecule has 11 heteroatoms. The Kier molecular flexibility index (Phi) is 9.93. The number of piperidine rings is 2. The summed E-state index contributed by atoms with van der Waals surface area (Å²) in [6.07, 6.45) is 6.94. The van der Waals surface area contributed by atoms with Gasteiger partial charge in [-0.1, -0.05) is 30.3 Å². The number of carbonyl (C=O) groups excluding carboxylic acids is 3. The molecule has 3 aromatic carbocycles. The number of nitrogens with zero attached hydrogens (tertiary/aromatic N) is 3. The Morgan fingerprint density at radius 3 is 2.38 bits per heavy atom. The van der Waals surface area contributed by atoms with Crippen molar-refractivity contribution in [2.75, 3.05) is 32.6 Å². The van der Waals surface area contributed by atoms with E-state index in [1.807, 2.05) is 47.5 Å². The van der Waals surface area contributed by atoms with Gasteiger partial charge in [-0.3, -0.25) is 29.5 Å². The van der Waals surface area contributed by atoms with Crippen LogP contribution in [0.3, 0.4) is 0 Å². The van der Waals surface area contributed by atoms with Crippen molar-refractivity contribution in [3.8, 4) is 22.6 Å². The van der Waals surface area contributed by atoms with Crippen molar-refractivity contribution in [2.45, 2.75) is 51.1 Å². The molecule has 0 saturated carbocycles. The fourth-order valence-electron chi connectivity index (χ4n) is 7.58. The smallest absolute Gasteiger partial charge is 0.256 e. The van der Waals surface area contributed by atoms with Crippen LogP contribution in [0.15, 0.2) is 76.6 Å². The number of imide groups is 1. The summed E-state index contributed by atoms with van der Waals surface area (Å²) >= 11 is 0. The van der Waals surface area contributed by atoms with Crippen molar-refractivity contribution < 1.29 is 23.9 Å². The highest BCUT2D eigenvalue weighted by atomic mass is 16.5. The number of ether oxygens (including phenoxy) is 2. The summed E-state index contributed by atoms with van der Waals surface area (Å²) < 4.78 is 13.2. The average Bonchev–Trinajstić information content (AvgIpc) is 3.67. The van der Waals surface area contributed by atoms with Crippen LogP contribution in [0, 0.1) is 5.92 Å². The van der Waals surface area contributed by atoms with Gasteiger partial charge in [-0.05, 0) is 78.6 Å². The zero-order chi connectivity index (χ0) is 36.4. The summed E-state index contributed by atoms with van der Waals surface area (Å²) in [4.78, 5) is 56.2. The van der Waals surface area contributed by atoms with Crippen molar-refractivity contribution in [1.29, 1.82) is 0 Å². The lowest BCUT2D eigenvalue weighted by Gasteiger charge is -2.32. The van der Waals surface area contributed by atoms with Crippen LogP contribution in [0.4, 0.5) is 5.69 Å². The zero-order valence-corrected chi connectivity index (χ0v) is 29.7. The van der Waals surface area contributed by atoms with Gasteiger partial charge in [0, 0.05) is 79.4 Å². The summed E-state index contributed by atoms with van der Waals surface area (Å²) in [6, 6.07) is 19.9. The molecule has 0 spiro atoms. The Hall–Kier alpha value is -5.71. The third-order valence-corrected chi connectivity index (χ3v) is 10.6. The van der Waals surface area contributed by atoms with Crippen molar-refractivity contribution in [1.82, 2.24) is 14.8 Å². The first-order valence-corrected chi connectivity index (χ1v) is 17.8. The second-order valence-electron chi connectivity index (χ2n) is 13.8. The summed E-state index contributed by atoms with van der Waals surface area (Å²) in [5, 5.41) is 5.90. The molecule has 2 fully saturated rings. The molecule has 0 bridgehead atoms. The summed E-state index contributed by atoms with van der Waals surface area (Å²) in [7, 11) is 4.99. The lowest BCUT2D eigenvalue weighted by atomic mass is 9.87. The largest absolute Gasteiger partial charge is 0.496 e. The van der Waals surface area contributed by atoms with E-state index in [2.05, 4.69) is 39.9 Å². The highest BCUT2D eigenvalue weighted by molar-refractivity contribution is 5.99. The van der Waals surface area contributed by atoms with Crippen molar-refractivity contribution in [2.24, 2.45) is 18.0 Å². The average molecular weight is 702 g/mol. The predicted molar refractivity (Wildman–Crippen MR) is 199 cm³/mol. The molecule has 0 aliphatic carbocycles. The summed E-state index contributed by atoms with van der Waals surface area (Å²) in [5.74, 6) is 1.11. The third kappa shape index (κ3) is 7.08. The highest BCUT2D eigenvalue weighted by Gasteiger charge is 2.28. The van der Waals surface area contributed by atoms with Crippen LogP contribution in [0.5, 0.6) is 11.5 Å². The number of hydrogen-bond acceptors (Lipinski definition) is 8. The fraction of sp³-hybridized carbons (Fsp3) is 0.341. The Balaban J connectivity index is 0.980. The second-order valence-corrected chi connectivity index (χ2v) is 13.8. The van der Waals surface area contributed by atoms with E-state index in [9.17, 15) is 19.2 Å². The normalized spacial score (nSPS) is 17.1. The van der Waals surface area contributed by atoms with Gasteiger partial charge >= 0.3 is 0 Å². The van der Waals surface area contributed by atoms with Crippen LogP contribution in [0.25, 0.3) is 11.1 Å². The molecule has 2 saturated heterocycles. The van der Waals surface area contributed by atoms with E-state index in [0.717, 1.165) is 46.3 Å². The molecule has 1 aromatic heterocycles. The molecule has 268 valence electrons. The van der Waals surface area contributed by atoms with Gasteiger partial charge in [0.2, 0.25) is 11.8 Å². The van der Waals surface area contributed by atoms with Gasteiger partial charge in [-0.2, -0.15) is 0 Å². The SMILES string of the molecule is COc1cc(-c2cn(C)c(=O)c3c2C=NC3)cc(OC)c1CNc1cccc(C(=O)N2CCC(c3ccc(CC4CCC(=O)NC4=O)cc3)CC2)c1. The maximum Gasteiger partial charge on any atom is 0.256 e. The molecule has 0 radical (unpaired) electrons. The fourth-order valence-corrected chi connectivity index (χ4v) is 7.58. The number of carbonyl (C=O) groups is 3. The first-order valence-electron chi connectivity index (χ1n) is 17.8. The number of pyridine rings is 1. The Morgan fingerprint density at radius 2 is 1.69 bits per heavy atom. The molecule has 1 atom stereocenters. The number of rotatable bonds is 10. The maximum atomic E-state index is 13.6. The van der Waals surface area contributed by atoms with Crippen molar-refractivity contribution >= 4 is 29.6 Å². The number of hydrogen-bond donors (Lipinski definition) is 2. The molecule has 7 rings (SSSR count). The van der Waals surface area contributed by atoms with Gasteiger partial charge in [0.25, 0.3) is 11.5 Å². The number of methoxy groups -OCH3 is 2. The highest BCUT2D eigenvalue weighted by Crippen LogP contribution is 2.37. The van der Waals surface area contributed by atoms with E-state index >= 15 is 0 Å². The van der Waals surface area contributed by atoms with E-state index < -0.39 is 0 Å². The van der Waals surface area contributed by atoms with Gasteiger partial charge in [-0.15, -0.1) is 0 Å². The van der Waals surface area contributed by atoms with Crippen molar-refractivity contribution in [3.63, 3.8) is 0 Å². The third-order valence-electron chi connectivity index (χ3n) is 10.6. The van der Waals surface area contributed by atoms with E-state index in [-0.39, 0.29) is 29.2 Å². The van der Waals surface area contributed by atoms with Gasteiger partial charge in [-0.25, -0.2) is 0 Å². The summed E-state index contributed by atoms with van der Waals surface area (Å²) in [5.41, 5.74) is 7.78. The molecular formula is C41H43N5O6. The Bertz CT molecular complexity index is 2090. The number of likely N-dealkylation sites (tertiary alicyclic amines) is 1. The van der Waals surface area contributed by atoms with Crippen molar-refractivity contribution in [3.05, 3.63) is 111 Å². The minimum atomic E-state index is -0.189. The van der Waals surface area contributed by atoms with E-state index in [4.69, 9.17) is 9.47 Å². The zero-order valence-electron chi connectivity index (χ0n) is 29.7. The van der Waals surface area contributed by atoms with E-state index in [1.165, 1.54) is 5.56 Å². The molecule has 4 heterocycles. The molecule has 4 aromatic rings. The molecule has 2 N–H and O–H groups in total. The number of anilines is 1. The number of aromatic nitrogens is 1. The van der Waals surface area contributed by atoms with Crippen LogP contribution >= 0.6 is 0 Å². The number of aliphatic imine (C=N–C) groups is 1. The minimum absolute atomic E-state index is 0.00883. The first-order chi connectivity index (χ1) is 25.2. The standard InChI is InChI=1S/C41H43N5O6/c1-45-24-35(32-21-42-22-33(32)41(45)50)30-19-36(51-2)34(37(20-30)52-3)23-43-31-6-4-5-29(18-31)40(49)46-15-13-27(14-16-46)26-9-7-25(8-10-26)17-28-11-12-38(47)44-39(28)48/h4-10,18-21,24,27-28,43H,11-17,22-23H2,1-3H3,(H,44,47,48). The number of benzene rings is 3. The topological polar surface area (TPSA) is 131 Å². The lowest BCUT2D eigenvalue weighted by molar-refractivity contribution is -0.136. The van der Waals surface area contributed by atoms with Gasteiger partial charge in [0.05, 0.1) is 26.3 Å². The Labute approximate surface area is 302 Å². The first kappa shape index (κ1) is 34.7. The molecule has 52 heavy (non-hydrogen) atoms. The van der Waals surface area contributed by atoms with E-state index in [1.54, 1.807) is 32.0 Å². The minimum Gasteiger partial charge on any atom is -0.496 e. The molecule has 3 amide bonds. The summed E-state index contributed by atoms with van der Waals surface area (Å²) in [6.45, 7) is 2.11. The number of amides is 3. The predicted octanol–water partition coefficient (Wildman–Crippen LogP) is 5.23. The van der Waals surface area contributed by atoms with Crippen LogP contribution in [0.2, 0.25) is 0 Å². The van der Waals surface area contributed by atoms with Crippen LogP contribution < -0.4 is 25.7 Å².